The van der Waals surface area contributed by atoms with Crippen LogP contribution in [0.3, 0.4) is 0 Å². The number of halogens is 3. The van der Waals surface area contributed by atoms with E-state index >= 15 is 0 Å². The second kappa shape index (κ2) is 8.45. The quantitative estimate of drug-likeness (QED) is 0.538. The van der Waals surface area contributed by atoms with E-state index in [0.717, 1.165) is 0 Å². The Bertz CT molecular complexity index is 1290. The second-order valence-electron chi connectivity index (χ2n) is 8.74. The number of alkyl halides is 3. The fourth-order valence-corrected chi connectivity index (χ4v) is 4.91. The van der Waals surface area contributed by atoms with Gasteiger partial charge in [-0.1, -0.05) is 12.1 Å². The van der Waals surface area contributed by atoms with Crippen LogP contribution in [0.15, 0.2) is 41.3 Å². The van der Waals surface area contributed by atoms with Gasteiger partial charge in [0.2, 0.25) is 0 Å². The molecule has 178 valence electrons. The first-order valence-corrected chi connectivity index (χ1v) is 11.1. The number of H-pyrrole nitrogens is 1. The van der Waals surface area contributed by atoms with Gasteiger partial charge in [-0.15, -0.1) is 0 Å². The van der Waals surface area contributed by atoms with Crippen molar-refractivity contribution in [1.82, 2.24) is 20.1 Å². The Morgan fingerprint density at radius 2 is 2.06 bits per heavy atom. The maximum Gasteiger partial charge on any atom is 0.399 e. The van der Waals surface area contributed by atoms with Gasteiger partial charge in [0, 0.05) is 25.0 Å². The van der Waals surface area contributed by atoms with Gasteiger partial charge in [0.25, 0.3) is 5.56 Å². The lowest BCUT2D eigenvalue weighted by atomic mass is 9.79. The second-order valence-corrected chi connectivity index (χ2v) is 8.74. The third-order valence-corrected chi connectivity index (χ3v) is 6.83. The van der Waals surface area contributed by atoms with Crippen molar-refractivity contribution in [1.29, 1.82) is 5.26 Å². The van der Waals surface area contributed by atoms with Gasteiger partial charge < -0.3 is 20.4 Å². The SMILES string of the molecule is N#CC1CCOCC1n1nc(Nc2ccc(C3(C(F)(F)F)CCNC3)cc2)c2c(=O)[nH]ccc21. The van der Waals surface area contributed by atoms with E-state index in [-0.39, 0.29) is 41.9 Å². The highest BCUT2D eigenvalue weighted by molar-refractivity contribution is 5.91. The number of aromatic amines is 1. The number of hydrogen-bond acceptors (Lipinski definition) is 6. The molecule has 2 aliphatic heterocycles. The van der Waals surface area contributed by atoms with Crippen LogP contribution in [0.5, 0.6) is 0 Å². The van der Waals surface area contributed by atoms with Crippen LogP contribution in [0.25, 0.3) is 10.9 Å². The Kier molecular flexibility index (Phi) is 5.58. The highest BCUT2D eigenvalue weighted by Crippen LogP contribution is 2.45. The van der Waals surface area contributed by atoms with Crippen LogP contribution in [0.4, 0.5) is 24.7 Å². The smallest absolute Gasteiger partial charge is 0.379 e. The minimum Gasteiger partial charge on any atom is -0.379 e. The summed E-state index contributed by atoms with van der Waals surface area (Å²) in [7, 11) is 0. The molecule has 0 radical (unpaired) electrons. The van der Waals surface area contributed by atoms with Crippen molar-refractivity contribution in [2.45, 2.75) is 30.5 Å². The summed E-state index contributed by atoms with van der Waals surface area (Å²) < 4.78 is 48.8. The maximum atomic E-state index is 13.9. The van der Waals surface area contributed by atoms with E-state index in [2.05, 4.69) is 26.8 Å². The lowest BCUT2D eigenvalue weighted by molar-refractivity contribution is -0.184. The van der Waals surface area contributed by atoms with Crippen LogP contribution in [0.1, 0.15) is 24.4 Å². The number of rotatable bonds is 4. The molecule has 11 heteroatoms. The number of hydrogen-bond donors (Lipinski definition) is 3. The molecule has 2 aromatic heterocycles. The lowest BCUT2D eigenvalue weighted by Gasteiger charge is -2.31. The molecular weight excluding hydrogens is 449 g/mol. The van der Waals surface area contributed by atoms with Gasteiger partial charge in [0.05, 0.1) is 30.2 Å². The number of nitriles is 1. The number of aromatic nitrogens is 3. The van der Waals surface area contributed by atoms with Crippen LogP contribution >= 0.6 is 0 Å². The van der Waals surface area contributed by atoms with Crippen LogP contribution in [-0.2, 0) is 10.2 Å². The van der Waals surface area contributed by atoms with Crippen LogP contribution < -0.4 is 16.2 Å². The molecule has 0 spiro atoms. The van der Waals surface area contributed by atoms with E-state index in [0.29, 0.717) is 42.8 Å². The molecule has 0 saturated carbocycles. The van der Waals surface area contributed by atoms with Crippen LogP contribution in [-0.4, -0.2) is 47.2 Å². The van der Waals surface area contributed by atoms with Crippen molar-refractivity contribution < 1.29 is 17.9 Å². The van der Waals surface area contributed by atoms with Gasteiger partial charge in [-0.25, -0.2) is 0 Å². The summed E-state index contributed by atoms with van der Waals surface area (Å²) in [4.78, 5) is 15.3. The fourth-order valence-electron chi connectivity index (χ4n) is 4.91. The van der Waals surface area contributed by atoms with Crippen molar-refractivity contribution in [3.8, 4) is 6.07 Å². The largest absolute Gasteiger partial charge is 0.399 e. The Hall–Kier alpha value is -3.36. The Labute approximate surface area is 192 Å². The Morgan fingerprint density at radius 1 is 1.26 bits per heavy atom. The molecule has 3 aromatic rings. The van der Waals surface area contributed by atoms with E-state index in [9.17, 15) is 23.2 Å². The summed E-state index contributed by atoms with van der Waals surface area (Å²) in [5.41, 5.74) is -1.03. The highest BCUT2D eigenvalue weighted by atomic mass is 19.4. The predicted octanol–water partition coefficient (Wildman–Crippen LogP) is 3.36. The molecule has 2 saturated heterocycles. The standard InChI is InChI=1S/C23H23F3N6O2/c24-23(25,26)22(7-9-28-13-22)15-1-3-16(4-2-15)30-20-19-17(5-8-29-21(19)33)32(31-20)18-12-34-10-6-14(18)11-27/h1-5,8,14,18,28H,6-7,9-10,12-13H2,(H,29,33)(H,30,31). The maximum absolute atomic E-state index is 13.9. The summed E-state index contributed by atoms with van der Waals surface area (Å²) in [6.45, 7) is 0.932. The molecule has 8 nitrogen and oxygen atoms in total. The molecule has 0 amide bonds. The summed E-state index contributed by atoms with van der Waals surface area (Å²) in [5, 5.41) is 20.4. The average molecular weight is 472 g/mol. The molecule has 0 bridgehead atoms. The Morgan fingerprint density at radius 3 is 2.74 bits per heavy atom. The summed E-state index contributed by atoms with van der Waals surface area (Å²) in [6.07, 6.45) is -2.31. The van der Waals surface area contributed by atoms with E-state index < -0.39 is 11.6 Å². The lowest BCUT2D eigenvalue weighted by Crippen LogP contribution is -2.44. The summed E-state index contributed by atoms with van der Waals surface area (Å²) >= 11 is 0. The first-order valence-electron chi connectivity index (χ1n) is 11.1. The number of nitrogens with one attached hydrogen (secondary N) is 3. The molecule has 4 heterocycles. The molecule has 2 fully saturated rings. The molecule has 0 aliphatic carbocycles. The molecule has 2 aliphatic rings. The number of benzene rings is 1. The van der Waals surface area contributed by atoms with Crippen molar-refractivity contribution in [3.63, 3.8) is 0 Å². The van der Waals surface area contributed by atoms with Gasteiger partial charge in [0.1, 0.15) is 10.8 Å². The molecule has 3 unspecified atom stereocenters. The van der Waals surface area contributed by atoms with Gasteiger partial charge >= 0.3 is 6.18 Å². The molecule has 34 heavy (non-hydrogen) atoms. The average Bonchev–Trinajstić information content (AvgIpc) is 3.47. The zero-order valence-electron chi connectivity index (χ0n) is 18.2. The van der Waals surface area contributed by atoms with Gasteiger partial charge in [-0.05, 0) is 43.1 Å². The number of anilines is 2. The molecular formula is C23H23F3N6O2. The van der Waals surface area contributed by atoms with E-state index in [1.165, 1.54) is 18.3 Å². The van der Waals surface area contributed by atoms with Crippen molar-refractivity contribution in [3.05, 3.63) is 52.4 Å². The van der Waals surface area contributed by atoms with Gasteiger partial charge in [-0.3, -0.25) is 9.48 Å². The Balaban J connectivity index is 1.50. The number of fused-ring (bicyclic) bond motifs is 1. The molecule has 1 aromatic carbocycles. The predicted molar refractivity (Wildman–Crippen MR) is 119 cm³/mol. The van der Waals surface area contributed by atoms with Crippen LogP contribution in [0, 0.1) is 17.2 Å². The van der Waals surface area contributed by atoms with Crippen LogP contribution in [0.2, 0.25) is 0 Å². The molecule has 5 rings (SSSR count). The molecule has 3 N–H and O–H groups in total. The van der Waals surface area contributed by atoms with Gasteiger partial charge in [0.15, 0.2) is 5.82 Å². The van der Waals surface area contributed by atoms with Crippen molar-refractivity contribution in [2.75, 3.05) is 31.6 Å². The number of ether oxygens (including phenoxy) is 1. The highest BCUT2D eigenvalue weighted by Gasteiger charge is 2.57. The first-order chi connectivity index (χ1) is 16.3. The first kappa shape index (κ1) is 22.4. The van der Waals surface area contributed by atoms with Crippen molar-refractivity contribution in [2.24, 2.45) is 5.92 Å². The third kappa shape index (κ3) is 3.63. The normalized spacial score (nSPS) is 25.4. The van der Waals surface area contributed by atoms with E-state index in [1.807, 2.05) is 0 Å². The molecule has 3 atom stereocenters. The number of nitrogens with zero attached hydrogens (tertiary/aromatic N) is 3. The fraction of sp³-hybridized carbons (Fsp3) is 0.435. The third-order valence-electron chi connectivity index (χ3n) is 6.83. The minimum absolute atomic E-state index is 0.0167. The summed E-state index contributed by atoms with van der Waals surface area (Å²) in [6, 6.07) is 9.70. The topological polar surface area (TPSA) is 108 Å². The zero-order valence-corrected chi connectivity index (χ0v) is 18.2. The zero-order chi connectivity index (χ0) is 23.9. The number of pyridine rings is 1. The van der Waals surface area contributed by atoms with Gasteiger partial charge in [-0.2, -0.15) is 23.5 Å². The summed E-state index contributed by atoms with van der Waals surface area (Å²) in [5.74, 6) is -0.0539. The van der Waals surface area contributed by atoms with E-state index in [1.54, 1.807) is 22.9 Å². The van der Waals surface area contributed by atoms with Crippen molar-refractivity contribution >= 4 is 22.4 Å². The minimum atomic E-state index is -4.37. The monoisotopic (exact) mass is 472 g/mol. The van der Waals surface area contributed by atoms with E-state index in [4.69, 9.17) is 4.74 Å².